The smallest absolute Gasteiger partial charge is 0.0271 e. The molecule has 0 amide bonds. The van der Waals surface area contributed by atoms with Crippen LogP contribution in [0.5, 0.6) is 0 Å². The van der Waals surface area contributed by atoms with Gasteiger partial charge in [-0.05, 0) is 44.1 Å². The fraction of sp³-hybridized carbons (Fsp3) is 0.333. The molecule has 0 nitrogen and oxygen atoms in total. The van der Waals surface area contributed by atoms with Crippen LogP contribution in [-0.4, -0.2) is 0 Å². The molecule has 0 N–H and O–H groups in total. The largest absolute Gasteiger partial charge is 0.0583 e. The second-order valence-electron chi connectivity index (χ2n) is 4.28. The summed E-state index contributed by atoms with van der Waals surface area (Å²) in [5, 5.41) is 0. The zero-order chi connectivity index (χ0) is 10.8. The van der Waals surface area contributed by atoms with E-state index in [0.29, 0.717) is 0 Å². The topological polar surface area (TPSA) is 0 Å². The minimum absolute atomic E-state index is 0.238. The van der Waals surface area contributed by atoms with E-state index in [4.69, 9.17) is 0 Å². The highest BCUT2D eigenvalue weighted by molar-refractivity contribution is 14.1. The lowest BCUT2D eigenvalue weighted by molar-refractivity contribution is 0.590. The van der Waals surface area contributed by atoms with Gasteiger partial charge in [0.1, 0.15) is 0 Å². The second-order valence-corrected chi connectivity index (χ2v) is 5.90. The molecule has 0 radical (unpaired) electrons. The first-order valence-corrected chi connectivity index (χ1v) is 6.51. The lowest BCUT2D eigenvalue weighted by Crippen LogP contribution is -2.10. The minimum Gasteiger partial charge on any atom is -0.0583 e. The Labute approximate surface area is 108 Å². The molecule has 1 aromatic carbocycles. The van der Waals surface area contributed by atoms with Gasteiger partial charge in [0.25, 0.3) is 0 Å². The van der Waals surface area contributed by atoms with Gasteiger partial charge < -0.3 is 0 Å². The molecule has 0 aliphatic rings. The van der Waals surface area contributed by atoms with E-state index < -0.39 is 0 Å². The van der Waals surface area contributed by atoms with Crippen molar-refractivity contribution in [3.63, 3.8) is 0 Å². The number of halogens is 2. The van der Waals surface area contributed by atoms with E-state index in [1.165, 1.54) is 14.7 Å². The van der Waals surface area contributed by atoms with Gasteiger partial charge in [0.05, 0.1) is 0 Å². The normalized spacial score (nSPS) is 13.1. The van der Waals surface area contributed by atoms with Crippen molar-refractivity contribution in [1.82, 2.24) is 0 Å². The monoisotopic (exact) mass is 364 g/mol. The Balaban J connectivity index is 3.01. The Bertz CT molecular complexity index is 330. The van der Waals surface area contributed by atoms with Gasteiger partial charge in [-0.25, -0.2) is 0 Å². The molecule has 0 saturated heterocycles. The van der Waals surface area contributed by atoms with Crippen LogP contribution in [0.4, 0.5) is 0 Å². The van der Waals surface area contributed by atoms with Crippen molar-refractivity contribution in [1.29, 1.82) is 0 Å². The predicted molar refractivity (Wildman–Crippen MR) is 76.1 cm³/mol. The van der Waals surface area contributed by atoms with E-state index in [9.17, 15) is 0 Å². The Morgan fingerprint density at radius 3 is 2.07 bits per heavy atom. The summed E-state index contributed by atoms with van der Waals surface area (Å²) in [6, 6.07) is 8.73. The maximum atomic E-state index is 3.34. The molecule has 76 valence electrons. The van der Waals surface area contributed by atoms with Crippen LogP contribution in [0.15, 0.2) is 29.3 Å². The van der Waals surface area contributed by atoms with Crippen LogP contribution in [0.1, 0.15) is 31.9 Å². The van der Waals surface area contributed by atoms with Gasteiger partial charge in [0, 0.05) is 3.58 Å². The van der Waals surface area contributed by atoms with E-state index >= 15 is 0 Å². The molecule has 0 aromatic heterocycles. The van der Waals surface area contributed by atoms with Gasteiger partial charge in [-0.3, -0.25) is 0 Å². The molecule has 2 heteroatoms. The first-order valence-electron chi connectivity index (χ1n) is 4.52. The molecular weight excluding hydrogens is 351 g/mol. The number of rotatable bonds is 1. The Kier molecular flexibility index (Phi) is 4.19. The van der Waals surface area contributed by atoms with Crippen molar-refractivity contribution in [2.45, 2.75) is 26.2 Å². The molecule has 1 rings (SSSR count). The van der Waals surface area contributed by atoms with Crippen LogP contribution >= 0.6 is 38.5 Å². The standard InChI is InChI=1S/C12H14BrI/c1-12(2,3)10-6-4-9(5-7-10)11(14)8-13/h4-8H,1-3H3/b11-8-. The van der Waals surface area contributed by atoms with Crippen LogP contribution in [0.25, 0.3) is 3.58 Å². The van der Waals surface area contributed by atoms with Gasteiger partial charge in [-0.1, -0.05) is 61.0 Å². The summed E-state index contributed by atoms with van der Waals surface area (Å²) in [7, 11) is 0. The zero-order valence-electron chi connectivity index (χ0n) is 8.64. The molecule has 0 bridgehead atoms. The summed E-state index contributed by atoms with van der Waals surface area (Å²) in [5.41, 5.74) is 2.87. The zero-order valence-corrected chi connectivity index (χ0v) is 12.4. The predicted octanol–water partition coefficient (Wildman–Crippen LogP) is 5.11. The van der Waals surface area contributed by atoms with Gasteiger partial charge in [-0.2, -0.15) is 0 Å². The molecule has 0 aliphatic heterocycles. The lowest BCUT2D eigenvalue weighted by Gasteiger charge is -2.19. The third kappa shape index (κ3) is 3.09. The van der Waals surface area contributed by atoms with Crippen molar-refractivity contribution in [3.8, 4) is 0 Å². The van der Waals surface area contributed by atoms with Gasteiger partial charge in [0.15, 0.2) is 0 Å². The Morgan fingerprint density at radius 1 is 1.21 bits per heavy atom. The average molecular weight is 365 g/mol. The number of benzene rings is 1. The highest BCUT2D eigenvalue weighted by atomic mass is 127. The minimum atomic E-state index is 0.238. The second kappa shape index (κ2) is 4.79. The maximum absolute atomic E-state index is 3.34. The molecule has 14 heavy (non-hydrogen) atoms. The Morgan fingerprint density at radius 2 is 1.71 bits per heavy atom. The Hall–Kier alpha value is 0.170. The van der Waals surface area contributed by atoms with Crippen LogP contribution in [0.2, 0.25) is 0 Å². The molecular formula is C12H14BrI. The van der Waals surface area contributed by atoms with E-state index in [1.807, 2.05) is 4.99 Å². The molecule has 0 heterocycles. The van der Waals surface area contributed by atoms with Crippen molar-refractivity contribution in [2.24, 2.45) is 0 Å². The third-order valence-electron chi connectivity index (χ3n) is 2.12. The molecule has 0 saturated carbocycles. The van der Waals surface area contributed by atoms with Crippen molar-refractivity contribution in [2.75, 3.05) is 0 Å². The third-order valence-corrected chi connectivity index (χ3v) is 4.37. The molecule has 1 aromatic rings. The molecule has 0 unspecified atom stereocenters. The lowest BCUT2D eigenvalue weighted by atomic mass is 9.87. The molecule has 0 spiro atoms. The summed E-state index contributed by atoms with van der Waals surface area (Å²) < 4.78 is 1.23. The first kappa shape index (κ1) is 12.2. The van der Waals surface area contributed by atoms with Gasteiger partial charge in [0.2, 0.25) is 0 Å². The fourth-order valence-corrected chi connectivity index (χ4v) is 1.82. The molecule has 0 fully saturated rings. The summed E-state index contributed by atoms with van der Waals surface area (Å²) in [4.78, 5) is 1.94. The summed E-state index contributed by atoms with van der Waals surface area (Å²) in [6.07, 6.45) is 0. The first-order chi connectivity index (χ1) is 6.45. The number of hydrogen-bond donors (Lipinski definition) is 0. The fourth-order valence-electron chi connectivity index (χ4n) is 1.19. The summed E-state index contributed by atoms with van der Waals surface area (Å²) in [5.74, 6) is 0. The number of hydrogen-bond acceptors (Lipinski definition) is 0. The highest BCUT2D eigenvalue weighted by Gasteiger charge is 2.12. The van der Waals surface area contributed by atoms with Crippen molar-refractivity contribution in [3.05, 3.63) is 40.4 Å². The van der Waals surface area contributed by atoms with Crippen molar-refractivity contribution < 1.29 is 0 Å². The van der Waals surface area contributed by atoms with Crippen molar-refractivity contribution >= 4 is 42.1 Å². The van der Waals surface area contributed by atoms with E-state index in [1.54, 1.807) is 0 Å². The van der Waals surface area contributed by atoms with Crippen LogP contribution in [-0.2, 0) is 5.41 Å². The SMILES string of the molecule is CC(C)(C)c1ccc(/C(I)=C/Br)cc1. The van der Waals surface area contributed by atoms with E-state index in [0.717, 1.165) is 0 Å². The van der Waals surface area contributed by atoms with E-state index in [2.05, 4.69) is 83.6 Å². The van der Waals surface area contributed by atoms with Crippen LogP contribution < -0.4 is 0 Å². The van der Waals surface area contributed by atoms with Gasteiger partial charge >= 0.3 is 0 Å². The van der Waals surface area contributed by atoms with Gasteiger partial charge in [-0.15, -0.1) is 0 Å². The highest BCUT2D eigenvalue weighted by Crippen LogP contribution is 2.27. The molecule has 0 aliphatic carbocycles. The maximum Gasteiger partial charge on any atom is 0.0271 e. The molecule has 0 atom stereocenters. The average Bonchev–Trinajstić information content (AvgIpc) is 2.15. The quantitative estimate of drug-likeness (QED) is 0.607. The van der Waals surface area contributed by atoms with Crippen LogP contribution in [0.3, 0.4) is 0 Å². The summed E-state index contributed by atoms with van der Waals surface area (Å²) >= 11 is 5.66. The van der Waals surface area contributed by atoms with E-state index in [-0.39, 0.29) is 5.41 Å². The van der Waals surface area contributed by atoms with Crippen LogP contribution in [0, 0.1) is 0 Å². The summed E-state index contributed by atoms with van der Waals surface area (Å²) in [6.45, 7) is 6.69.